The van der Waals surface area contributed by atoms with Crippen molar-refractivity contribution < 1.29 is 14.0 Å². The second kappa shape index (κ2) is 10.5. The topological polar surface area (TPSA) is 102 Å². The zero-order chi connectivity index (χ0) is 22.3. The summed E-state index contributed by atoms with van der Waals surface area (Å²) in [6.45, 7) is 2.46. The van der Waals surface area contributed by atoms with Crippen LogP contribution in [0.2, 0.25) is 0 Å². The molecule has 0 unspecified atom stereocenters. The molecule has 0 bridgehead atoms. The number of imide groups is 1. The van der Waals surface area contributed by atoms with Crippen molar-refractivity contribution in [1.82, 2.24) is 25.4 Å². The van der Waals surface area contributed by atoms with Crippen molar-refractivity contribution in [2.75, 3.05) is 5.75 Å². The number of hydrogen-bond donors (Lipinski definition) is 2. The molecule has 0 aliphatic heterocycles. The van der Waals surface area contributed by atoms with Gasteiger partial charge in [0.1, 0.15) is 5.76 Å². The monoisotopic (exact) mass is 453 g/mol. The number of thioether (sulfide) groups is 1. The highest BCUT2D eigenvalue weighted by Crippen LogP contribution is 2.26. The number of amides is 3. The highest BCUT2D eigenvalue weighted by Gasteiger charge is 2.19. The van der Waals surface area contributed by atoms with Crippen LogP contribution in [-0.4, -0.2) is 38.5 Å². The van der Waals surface area contributed by atoms with Crippen molar-refractivity contribution in [3.63, 3.8) is 0 Å². The van der Waals surface area contributed by atoms with Gasteiger partial charge in [0.15, 0.2) is 11.0 Å². The fourth-order valence-electron chi connectivity index (χ4n) is 3.86. The number of hydrogen-bond acceptors (Lipinski definition) is 6. The summed E-state index contributed by atoms with van der Waals surface area (Å²) in [5.41, 5.74) is 2.06. The number of rotatable bonds is 7. The van der Waals surface area contributed by atoms with Crippen LogP contribution < -0.4 is 10.6 Å². The van der Waals surface area contributed by atoms with Crippen LogP contribution in [0.4, 0.5) is 4.79 Å². The van der Waals surface area contributed by atoms with Crippen LogP contribution in [0.1, 0.15) is 43.4 Å². The average molecular weight is 454 g/mol. The zero-order valence-electron chi connectivity index (χ0n) is 18.0. The predicted octanol–water partition coefficient (Wildman–Crippen LogP) is 4.15. The number of benzene rings is 1. The molecular weight excluding hydrogens is 426 g/mol. The quantitative estimate of drug-likeness (QED) is 0.521. The Bertz CT molecular complexity index is 1060. The van der Waals surface area contributed by atoms with Crippen LogP contribution in [0.15, 0.2) is 52.2 Å². The van der Waals surface area contributed by atoms with Crippen molar-refractivity contribution in [3.8, 4) is 11.4 Å². The minimum atomic E-state index is -0.431. The number of aryl methyl sites for hydroxylation is 1. The van der Waals surface area contributed by atoms with Crippen LogP contribution >= 0.6 is 11.8 Å². The van der Waals surface area contributed by atoms with E-state index < -0.39 is 6.03 Å². The van der Waals surface area contributed by atoms with Gasteiger partial charge in [-0.2, -0.15) is 0 Å². The van der Waals surface area contributed by atoms with Gasteiger partial charge in [-0.15, -0.1) is 10.2 Å². The summed E-state index contributed by atoms with van der Waals surface area (Å²) in [6, 6.07) is 11.5. The van der Waals surface area contributed by atoms with Gasteiger partial charge in [0.2, 0.25) is 5.91 Å². The minimum Gasteiger partial charge on any atom is -0.467 e. The molecule has 1 saturated carbocycles. The molecule has 4 rings (SSSR count). The Balaban J connectivity index is 1.42. The third kappa shape index (κ3) is 5.79. The molecule has 1 aromatic carbocycles. The number of nitrogens with one attached hydrogen (secondary N) is 2. The van der Waals surface area contributed by atoms with Gasteiger partial charge in [-0.25, -0.2) is 4.79 Å². The van der Waals surface area contributed by atoms with Gasteiger partial charge in [0, 0.05) is 11.6 Å². The van der Waals surface area contributed by atoms with Crippen molar-refractivity contribution in [1.29, 1.82) is 0 Å². The van der Waals surface area contributed by atoms with Crippen molar-refractivity contribution in [3.05, 3.63) is 54.0 Å². The molecule has 2 aromatic heterocycles. The van der Waals surface area contributed by atoms with Gasteiger partial charge < -0.3 is 9.73 Å². The smallest absolute Gasteiger partial charge is 0.321 e. The van der Waals surface area contributed by atoms with Gasteiger partial charge in [0.05, 0.1) is 18.6 Å². The molecule has 32 heavy (non-hydrogen) atoms. The molecule has 1 fully saturated rings. The number of urea groups is 1. The van der Waals surface area contributed by atoms with E-state index in [0.29, 0.717) is 17.5 Å². The maximum absolute atomic E-state index is 12.3. The highest BCUT2D eigenvalue weighted by molar-refractivity contribution is 7.99. The molecule has 3 amide bonds. The van der Waals surface area contributed by atoms with E-state index >= 15 is 0 Å². The van der Waals surface area contributed by atoms with Crippen LogP contribution in [0.5, 0.6) is 0 Å². The molecular formula is C23H27N5O3S. The number of carbonyl (C=O) groups excluding carboxylic acids is 2. The number of aromatic nitrogens is 3. The lowest BCUT2D eigenvalue weighted by molar-refractivity contribution is -0.117. The molecule has 1 aliphatic carbocycles. The van der Waals surface area contributed by atoms with Crippen LogP contribution in [0.25, 0.3) is 11.4 Å². The summed E-state index contributed by atoms with van der Waals surface area (Å²) in [7, 11) is 0. The molecule has 8 nitrogen and oxygen atoms in total. The van der Waals surface area contributed by atoms with Crippen molar-refractivity contribution in [2.45, 2.75) is 56.8 Å². The van der Waals surface area contributed by atoms with E-state index in [9.17, 15) is 9.59 Å². The summed E-state index contributed by atoms with van der Waals surface area (Å²) < 4.78 is 7.43. The SMILES string of the molecule is Cc1cccc(-c2nnc(SCC(=O)NC(=O)NC3CCCCC3)n2Cc2ccco2)c1. The molecule has 168 valence electrons. The zero-order valence-corrected chi connectivity index (χ0v) is 18.9. The molecule has 2 N–H and O–H groups in total. The van der Waals surface area contributed by atoms with E-state index in [0.717, 1.165) is 42.6 Å². The number of nitrogens with zero attached hydrogens (tertiary/aromatic N) is 3. The van der Waals surface area contributed by atoms with Gasteiger partial charge in [-0.05, 0) is 38.0 Å². The lowest BCUT2D eigenvalue weighted by atomic mass is 9.96. The summed E-state index contributed by atoms with van der Waals surface area (Å²) in [5.74, 6) is 1.15. The molecule has 0 radical (unpaired) electrons. The Hall–Kier alpha value is -3.07. The maximum Gasteiger partial charge on any atom is 0.321 e. The van der Waals surface area contributed by atoms with Crippen LogP contribution in [0, 0.1) is 6.92 Å². The first kappa shape index (κ1) is 22.1. The summed E-state index contributed by atoms with van der Waals surface area (Å²) in [5, 5.41) is 14.6. The molecule has 0 saturated heterocycles. The first-order chi connectivity index (χ1) is 15.6. The minimum absolute atomic E-state index is 0.0577. The summed E-state index contributed by atoms with van der Waals surface area (Å²) in [4.78, 5) is 24.5. The molecule has 2 heterocycles. The van der Waals surface area contributed by atoms with Gasteiger partial charge in [-0.1, -0.05) is 54.8 Å². The average Bonchev–Trinajstić information content (AvgIpc) is 3.43. The first-order valence-corrected chi connectivity index (χ1v) is 11.8. The number of carbonyl (C=O) groups is 2. The Morgan fingerprint density at radius 3 is 2.75 bits per heavy atom. The molecule has 9 heteroatoms. The maximum atomic E-state index is 12.3. The Morgan fingerprint density at radius 2 is 2.00 bits per heavy atom. The second-order valence-electron chi connectivity index (χ2n) is 7.99. The third-order valence-corrected chi connectivity index (χ3v) is 6.38. The standard InChI is InChI=1S/C23H27N5O3S/c1-16-7-5-8-17(13-16)21-26-27-23(28(21)14-19-11-6-12-31-19)32-15-20(29)25-22(30)24-18-9-3-2-4-10-18/h5-8,11-13,18H,2-4,9-10,14-15H2,1H3,(H2,24,25,29,30). The van der Waals surface area contributed by atoms with Crippen LogP contribution in [0.3, 0.4) is 0 Å². The third-order valence-electron chi connectivity index (χ3n) is 5.41. The fourth-order valence-corrected chi connectivity index (χ4v) is 4.59. The summed E-state index contributed by atoms with van der Waals surface area (Å²) in [6.07, 6.45) is 6.99. The van der Waals surface area contributed by atoms with Gasteiger partial charge in [0.25, 0.3) is 0 Å². The van der Waals surface area contributed by atoms with Crippen molar-refractivity contribution in [2.24, 2.45) is 0 Å². The van der Waals surface area contributed by atoms with Gasteiger partial charge in [-0.3, -0.25) is 14.7 Å². The van der Waals surface area contributed by atoms with Crippen LogP contribution in [-0.2, 0) is 11.3 Å². The lowest BCUT2D eigenvalue weighted by Gasteiger charge is -2.22. The largest absolute Gasteiger partial charge is 0.467 e. The highest BCUT2D eigenvalue weighted by atomic mass is 32.2. The lowest BCUT2D eigenvalue weighted by Crippen LogP contribution is -2.45. The van der Waals surface area contributed by atoms with E-state index in [2.05, 4.69) is 20.8 Å². The van der Waals surface area contributed by atoms with E-state index in [-0.39, 0.29) is 17.7 Å². The van der Waals surface area contributed by atoms with Crippen molar-refractivity contribution >= 4 is 23.7 Å². The molecule has 0 spiro atoms. The fraction of sp³-hybridized carbons (Fsp3) is 0.391. The molecule has 0 atom stereocenters. The van der Waals surface area contributed by atoms with Gasteiger partial charge >= 0.3 is 6.03 Å². The van der Waals surface area contributed by atoms with E-state index in [1.165, 1.54) is 18.2 Å². The Labute approximate surface area is 191 Å². The Kier molecular flexibility index (Phi) is 7.26. The van der Waals surface area contributed by atoms with E-state index in [4.69, 9.17) is 4.42 Å². The molecule has 3 aromatic rings. The van der Waals surface area contributed by atoms with E-state index in [1.54, 1.807) is 6.26 Å². The molecule has 1 aliphatic rings. The normalized spacial score (nSPS) is 14.3. The predicted molar refractivity (Wildman–Crippen MR) is 122 cm³/mol. The number of furan rings is 1. The second-order valence-corrected chi connectivity index (χ2v) is 8.93. The first-order valence-electron chi connectivity index (χ1n) is 10.8. The summed E-state index contributed by atoms with van der Waals surface area (Å²) >= 11 is 1.24. The van der Waals surface area contributed by atoms with E-state index in [1.807, 2.05) is 47.9 Å². The Morgan fingerprint density at radius 1 is 1.16 bits per heavy atom.